The lowest BCUT2D eigenvalue weighted by molar-refractivity contribution is 0.393. The lowest BCUT2D eigenvalue weighted by Crippen LogP contribution is -2.21. The third-order valence-electron chi connectivity index (χ3n) is 4.40. The zero-order valence-electron chi connectivity index (χ0n) is 15.4. The minimum Gasteiger partial charge on any atom is -0.361 e. The highest BCUT2D eigenvalue weighted by atomic mass is 32.2. The Morgan fingerprint density at radius 1 is 1.14 bits per heavy atom. The number of hydrogen-bond donors (Lipinski definition) is 0. The van der Waals surface area contributed by atoms with Crippen molar-refractivity contribution in [3.63, 3.8) is 0 Å². The van der Waals surface area contributed by atoms with Crippen LogP contribution in [0, 0.1) is 6.92 Å². The minimum absolute atomic E-state index is 0.0512. The van der Waals surface area contributed by atoms with Crippen LogP contribution in [0.3, 0.4) is 0 Å². The van der Waals surface area contributed by atoms with Crippen molar-refractivity contribution < 1.29 is 4.52 Å². The van der Waals surface area contributed by atoms with Crippen molar-refractivity contribution in [2.45, 2.75) is 17.8 Å². The van der Waals surface area contributed by atoms with E-state index < -0.39 is 0 Å². The van der Waals surface area contributed by atoms with Crippen molar-refractivity contribution >= 4 is 44.7 Å². The molecule has 0 aliphatic heterocycles. The van der Waals surface area contributed by atoms with Gasteiger partial charge in [0.15, 0.2) is 5.16 Å². The molecule has 0 spiro atoms. The Kier molecular flexibility index (Phi) is 4.83. The fourth-order valence-electron chi connectivity index (χ4n) is 3.11. The molecule has 0 aliphatic rings. The lowest BCUT2D eigenvalue weighted by Gasteiger charge is -2.12. The molecule has 0 radical (unpaired) electrons. The molecule has 1 aromatic carbocycles. The third kappa shape index (κ3) is 3.43. The van der Waals surface area contributed by atoms with Crippen LogP contribution in [-0.2, 0) is 5.75 Å². The number of aryl methyl sites for hydroxylation is 1. The van der Waals surface area contributed by atoms with E-state index in [0.717, 1.165) is 32.4 Å². The Morgan fingerprint density at radius 2 is 2.00 bits per heavy atom. The Labute approximate surface area is 178 Å². The lowest BCUT2D eigenvalue weighted by atomic mass is 10.2. The molecular formula is C21H15N3O2S3. The highest BCUT2D eigenvalue weighted by Gasteiger charge is 2.19. The molecule has 0 saturated heterocycles. The molecule has 0 atom stereocenters. The molecule has 5 nitrogen and oxygen atoms in total. The van der Waals surface area contributed by atoms with Crippen LogP contribution in [0.5, 0.6) is 0 Å². The second kappa shape index (κ2) is 7.62. The number of hydrogen-bond acceptors (Lipinski definition) is 7. The number of nitrogens with zero attached hydrogens (tertiary/aromatic N) is 3. The van der Waals surface area contributed by atoms with E-state index in [1.165, 1.54) is 23.1 Å². The maximum Gasteiger partial charge on any atom is 0.268 e. The molecule has 0 amide bonds. The molecular weight excluding hydrogens is 422 g/mol. The zero-order valence-corrected chi connectivity index (χ0v) is 17.8. The van der Waals surface area contributed by atoms with Gasteiger partial charge in [0.25, 0.3) is 5.56 Å². The summed E-state index contributed by atoms with van der Waals surface area (Å²) in [5, 5.41) is 9.41. The number of rotatable bonds is 5. The summed E-state index contributed by atoms with van der Waals surface area (Å²) >= 11 is 4.61. The molecule has 0 saturated carbocycles. The van der Waals surface area contributed by atoms with Gasteiger partial charge < -0.3 is 4.52 Å². The quantitative estimate of drug-likeness (QED) is 0.258. The van der Waals surface area contributed by atoms with Crippen molar-refractivity contribution in [3.05, 3.63) is 81.1 Å². The van der Waals surface area contributed by atoms with Gasteiger partial charge in [-0.2, -0.15) is 0 Å². The van der Waals surface area contributed by atoms with Gasteiger partial charge in [0.1, 0.15) is 10.6 Å². The largest absolute Gasteiger partial charge is 0.361 e. The summed E-state index contributed by atoms with van der Waals surface area (Å²) in [6.45, 7) is 1.86. The maximum absolute atomic E-state index is 13.6. The fraction of sp³-hybridized carbons (Fsp3) is 0.0952. The first kappa shape index (κ1) is 18.4. The normalized spacial score (nSPS) is 11.3. The van der Waals surface area contributed by atoms with E-state index in [-0.39, 0.29) is 5.56 Å². The monoisotopic (exact) mass is 437 g/mol. The Bertz CT molecular complexity index is 1340. The van der Waals surface area contributed by atoms with Crippen molar-refractivity contribution in [3.8, 4) is 16.1 Å². The number of thiophene rings is 2. The van der Waals surface area contributed by atoms with Crippen LogP contribution in [0.15, 0.2) is 73.8 Å². The highest BCUT2D eigenvalue weighted by molar-refractivity contribution is 7.98. The molecule has 144 valence electrons. The molecule has 0 bridgehead atoms. The van der Waals surface area contributed by atoms with Gasteiger partial charge in [-0.3, -0.25) is 9.36 Å². The average molecular weight is 438 g/mol. The molecule has 0 aliphatic carbocycles. The Hall–Kier alpha value is -2.68. The van der Waals surface area contributed by atoms with Crippen LogP contribution in [-0.4, -0.2) is 14.7 Å². The molecule has 0 unspecified atom stereocenters. The average Bonchev–Trinajstić information content (AvgIpc) is 3.47. The standard InChI is InChI=1S/C21H15N3O2S3/c1-13-10-14(23-26-13)11-29-21-22-19-18(16(12-28-19)17-8-5-9-27-17)20(25)24(21)15-6-3-2-4-7-15/h2-10,12H,11H2,1H3. The molecule has 0 N–H and O–H groups in total. The van der Waals surface area contributed by atoms with E-state index in [0.29, 0.717) is 16.3 Å². The maximum atomic E-state index is 13.6. The summed E-state index contributed by atoms with van der Waals surface area (Å²) in [4.78, 5) is 20.3. The van der Waals surface area contributed by atoms with Crippen LogP contribution >= 0.6 is 34.4 Å². The number of thioether (sulfide) groups is 1. The molecule has 0 fully saturated rings. The van der Waals surface area contributed by atoms with E-state index in [4.69, 9.17) is 9.51 Å². The van der Waals surface area contributed by atoms with E-state index in [1.54, 1.807) is 15.9 Å². The first-order valence-corrected chi connectivity index (χ1v) is 11.6. The molecule has 4 heterocycles. The summed E-state index contributed by atoms with van der Waals surface area (Å²) in [6, 6.07) is 15.6. The Morgan fingerprint density at radius 3 is 2.72 bits per heavy atom. The smallest absolute Gasteiger partial charge is 0.268 e. The second-order valence-corrected chi connectivity index (χ2v) is 9.14. The van der Waals surface area contributed by atoms with E-state index >= 15 is 0 Å². The van der Waals surface area contributed by atoms with Gasteiger partial charge in [-0.15, -0.1) is 22.7 Å². The van der Waals surface area contributed by atoms with Gasteiger partial charge in [0, 0.05) is 27.6 Å². The van der Waals surface area contributed by atoms with Crippen molar-refractivity contribution in [2.24, 2.45) is 0 Å². The summed E-state index contributed by atoms with van der Waals surface area (Å²) in [5.41, 5.74) is 2.52. The van der Waals surface area contributed by atoms with Crippen molar-refractivity contribution in [1.82, 2.24) is 14.7 Å². The molecule has 5 rings (SSSR count). The van der Waals surface area contributed by atoms with Crippen molar-refractivity contribution in [1.29, 1.82) is 0 Å². The molecule has 4 aromatic heterocycles. The van der Waals surface area contributed by atoms with Gasteiger partial charge in [-0.05, 0) is 30.5 Å². The Balaban J connectivity index is 1.68. The SMILES string of the molecule is Cc1cc(CSc2nc3scc(-c4cccs4)c3c(=O)n2-c2ccccc2)no1. The van der Waals surface area contributed by atoms with Crippen LogP contribution in [0.2, 0.25) is 0 Å². The van der Waals surface area contributed by atoms with E-state index in [2.05, 4.69) is 5.16 Å². The van der Waals surface area contributed by atoms with Gasteiger partial charge in [-0.25, -0.2) is 4.98 Å². The first-order chi connectivity index (χ1) is 14.2. The van der Waals surface area contributed by atoms with Gasteiger partial charge in [-0.1, -0.05) is 41.2 Å². The zero-order chi connectivity index (χ0) is 19.8. The van der Waals surface area contributed by atoms with Crippen LogP contribution < -0.4 is 5.56 Å². The predicted molar refractivity (Wildman–Crippen MR) is 119 cm³/mol. The molecule has 8 heteroatoms. The predicted octanol–water partition coefficient (Wildman–Crippen LogP) is 5.76. The second-order valence-electron chi connectivity index (χ2n) is 6.39. The number of benzene rings is 1. The highest BCUT2D eigenvalue weighted by Crippen LogP contribution is 2.35. The van der Waals surface area contributed by atoms with E-state index in [9.17, 15) is 4.79 Å². The van der Waals surface area contributed by atoms with Crippen LogP contribution in [0.25, 0.3) is 26.3 Å². The number of para-hydroxylation sites is 1. The minimum atomic E-state index is -0.0512. The van der Waals surface area contributed by atoms with Gasteiger partial charge >= 0.3 is 0 Å². The molecule has 5 aromatic rings. The fourth-order valence-corrected chi connectivity index (χ4v) is 5.81. The summed E-state index contributed by atoms with van der Waals surface area (Å²) in [7, 11) is 0. The van der Waals surface area contributed by atoms with Gasteiger partial charge in [0.2, 0.25) is 0 Å². The summed E-state index contributed by atoms with van der Waals surface area (Å²) in [5.74, 6) is 1.34. The van der Waals surface area contributed by atoms with Crippen LogP contribution in [0.4, 0.5) is 0 Å². The molecule has 29 heavy (non-hydrogen) atoms. The van der Waals surface area contributed by atoms with Gasteiger partial charge in [0.05, 0.1) is 16.8 Å². The number of aromatic nitrogens is 3. The topological polar surface area (TPSA) is 60.9 Å². The van der Waals surface area contributed by atoms with E-state index in [1.807, 2.05) is 66.2 Å². The van der Waals surface area contributed by atoms with Crippen LogP contribution in [0.1, 0.15) is 11.5 Å². The summed E-state index contributed by atoms with van der Waals surface area (Å²) in [6.07, 6.45) is 0. The third-order valence-corrected chi connectivity index (χ3v) is 7.15. The summed E-state index contributed by atoms with van der Waals surface area (Å²) < 4.78 is 6.86. The van der Waals surface area contributed by atoms with Crippen molar-refractivity contribution in [2.75, 3.05) is 0 Å². The number of fused-ring (bicyclic) bond motifs is 1. The first-order valence-electron chi connectivity index (χ1n) is 8.89.